The second-order valence-corrected chi connectivity index (χ2v) is 16.6. The predicted molar refractivity (Wildman–Crippen MR) is 151 cm³/mol. The molecule has 0 aliphatic heterocycles. The molecular formula is C35H42Cl2Ti. The van der Waals surface area contributed by atoms with E-state index in [9.17, 15) is 0 Å². The molecule has 2 aromatic rings. The standard InChI is InChI=1S/C25H29.C5H8.C5H5.2ClH.Ti/c1-3-7-18(8-4-1)20-11-13-24-22(15-20)17-23-16-21(12-14-25(23)24)19-9-5-2-6-10-19;2*1-2-4-5-3-1;;;/h11-19H,1-10H2;1-4H2;1-3H,4H2;2*1H;/q;;;;;+2/p-2. The van der Waals surface area contributed by atoms with E-state index in [-0.39, 0.29) is 24.8 Å². The van der Waals surface area contributed by atoms with Crippen LogP contribution in [-0.4, -0.2) is 3.81 Å². The second-order valence-electron chi connectivity index (χ2n) is 12.3. The maximum Gasteiger partial charge on any atom is -1.00 e. The van der Waals surface area contributed by atoms with E-state index < -0.39 is 17.4 Å². The third-order valence-corrected chi connectivity index (χ3v) is 15.7. The summed E-state index contributed by atoms with van der Waals surface area (Å²) < 4.78 is 4.54. The van der Waals surface area contributed by atoms with Gasteiger partial charge in [0.25, 0.3) is 0 Å². The van der Waals surface area contributed by atoms with Gasteiger partial charge in [0.1, 0.15) is 0 Å². The average Bonchev–Trinajstić information content (AvgIpc) is 3.72. The smallest absolute Gasteiger partial charge is 1.00 e. The van der Waals surface area contributed by atoms with Crippen molar-refractivity contribution in [3.05, 3.63) is 80.8 Å². The van der Waals surface area contributed by atoms with E-state index in [2.05, 4.69) is 54.6 Å². The molecule has 0 saturated heterocycles. The van der Waals surface area contributed by atoms with Gasteiger partial charge >= 0.3 is 225 Å². The Labute approximate surface area is 248 Å². The Hall–Kier alpha value is -0.916. The Morgan fingerprint density at radius 1 is 0.605 bits per heavy atom. The van der Waals surface area contributed by atoms with Crippen LogP contribution in [0.15, 0.2) is 58.5 Å². The minimum absolute atomic E-state index is 0. The minimum Gasteiger partial charge on any atom is -1.00 e. The third kappa shape index (κ3) is 5.37. The molecule has 0 bridgehead atoms. The molecule has 0 atom stereocenters. The molecule has 5 aliphatic rings. The first-order chi connectivity index (χ1) is 17.9. The Balaban J connectivity index is 0.00000147. The summed E-state index contributed by atoms with van der Waals surface area (Å²) in [6.07, 6.45) is 28.4. The normalized spacial score (nSPS) is 21.2. The molecule has 0 N–H and O–H groups in total. The summed E-state index contributed by atoms with van der Waals surface area (Å²) in [5.41, 5.74) is 9.95. The predicted octanol–water partition coefficient (Wildman–Crippen LogP) is 4.07. The molecule has 0 amide bonds. The molecule has 0 heterocycles. The Bertz CT molecular complexity index is 1170. The van der Waals surface area contributed by atoms with Crippen LogP contribution in [0.25, 0.3) is 11.1 Å². The molecule has 0 aromatic heterocycles. The molecule has 3 saturated carbocycles. The molecular weight excluding hydrogens is 539 g/mol. The van der Waals surface area contributed by atoms with Gasteiger partial charge in [0, 0.05) is 0 Å². The van der Waals surface area contributed by atoms with E-state index >= 15 is 0 Å². The van der Waals surface area contributed by atoms with E-state index in [4.69, 9.17) is 0 Å². The third-order valence-electron chi connectivity index (χ3n) is 10.2. The van der Waals surface area contributed by atoms with Gasteiger partial charge in [-0.05, 0) is 0 Å². The maximum atomic E-state index is 2.74. The van der Waals surface area contributed by atoms with Gasteiger partial charge in [-0.15, -0.1) is 0 Å². The van der Waals surface area contributed by atoms with Crippen LogP contribution in [0.5, 0.6) is 0 Å². The van der Waals surface area contributed by atoms with Crippen LogP contribution in [0.4, 0.5) is 0 Å². The van der Waals surface area contributed by atoms with Crippen LogP contribution in [0.1, 0.15) is 135 Å². The van der Waals surface area contributed by atoms with Crippen molar-refractivity contribution in [1.82, 2.24) is 0 Å². The van der Waals surface area contributed by atoms with Crippen LogP contribution >= 0.6 is 0 Å². The molecule has 0 unspecified atom stereocenters. The first kappa shape index (κ1) is 28.6. The quantitative estimate of drug-likeness (QED) is 0.478. The summed E-state index contributed by atoms with van der Waals surface area (Å²) >= 11 is -1.65. The number of halogens is 2. The van der Waals surface area contributed by atoms with E-state index in [1.807, 2.05) is 7.69 Å². The first-order valence-electron chi connectivity index (χ1n) is 15.2. The number of hydrogen-bond donors (Lipinski definition) is 0. The Morgan fingerprint density at radius 3 is 1.61 bits per heavy atom. The number of rotatable bonds is 4. The average molecular weight is 581 g/mol. The van der Waals surface area contributed by atoms with Crippen molar-refractivity contribution in [2.45, 2.75) is 112 Å². The molecule has 3 fully saturated rings. The molecule has 2 aromatic carbocycles. The van der Waals surface area contributed by atoms with Gasteiger partial charge < -0.3 is 24.8 Å². The largest absolute Gasteiger partial charge is 1.00 e. The van der Waals surface area contributed by atoms with Gasteiger partial charge in [-0.1, -0.05) is 0 Å². The van der Waals surface area contributed by atoms with Crippen LogP contribution in [0.2, 0.25) is 0 Å². The van der Waals surface area contributed by atoms with Gasteiger partial charge in [-0.25, -0.2) is 0 Å². The van der Waals surface area contributed by atoms with E-state index in [0.717, 1.165) is 11.8 Å². The first-order valence-corrected chi connectivity index (χ1v) is 17.7. The summed E-state index contributed by atoms with van der Waals surface area (Å²) in [4.78, 5) is 0. The van der Waals surface area contributed by atoms with E-state index in [0.29, 0.717) is 4.22 Å². The summed E-state index contributed by atoms with van der Waals surface area (Å²) in [6.45, 7) is 0. The Morgan fingerprint density at radius 2 is 1.13 bits per heavy atom. The number of allylic oxidation sites excluding steroid dienone is 4. The molecule has 200 valence electrons. The number of hydrogen-bond acceptors (Lipinski definition) is 0. The topological polar surface area (TPSA) is 0 Å². The molecule has 5 aliphatic carbocycles. The molecule has 0 spiro atoms. The van der Waals surface area contributed by atoms with Gasteiger partial charge in [-0.2, -0.15) is 0 Å². The van der Waals surface area contributed by atoms with Crippen LogP contribution in [0.3, 0.4) is 0 Å². The van der Waals surface area contributed by atoms with Crippen molar-refractivity contribution >= 4 is 3.81 Å². The monoisotopic (exact) mass is 580 g/mol. The molecule has 7 rings (SSSR count). The minimum atomic E-state index is -1.65. The zero-order valence-electron chi connectivity index (χ0n) is 22.8. The zero-order valence-corrected chi connectivity index (χ0v) is 25.9. The van der Waals surface area contributed by atoms with E-state index in [1.165, 1.54) is 96.3 Å². The van der Waals surface area contributed by atoms with Gasteiger partial charge in [0.05, 0.1) is 0 Å². The number of benzene rings is 2. The van der Waals surface area contributed by atoms with Crippen molar-refractivity contribution in [2.75, 3.05) is 0 Å². The fourth-order valence-electron chi connectivity index (χ4n) is 8.32. The molecule has 0 nitrogen and oxygen atoms in total. The SMILES string of the molecule is C1=CC[C]([Ti+2](=[C]2CCCC2)[CH]2c3cc(C4CCCCC4)ccc3-c3ccc(C4CCCCC4)cc32)=C1.[Cl-].[Cl-]. The fourth-order valence-corrected chi connectivity index (χ4v) is 14.3. The van der Waals surface area contributed by atoms with Crippen molar-refractivity contribution in [1.29, 1.82) is 0 Å². The molecule has 38 heavy (non-hydrogen) atoms. The van der Waals surface area contributed by atoms with Gasteiger partial charge in [-0.3, -0.25) is 0 Å². The molecule has 3 heteroatoms. The zero-order chi connectivity index (χ0) is 23.9. The van der Waals surface area contributed by atoms with Crippen molar-refractivity contribution < 1.29 is 42.2 Å². The van der Waals surface area contributed by atoms with Crippen LogP contribution < -0.4 is 24.8 Å². The summed E-state index contributed by atoms with van der Waals surface area (Å²) in [5, 5.41) is 0. The van der Waals surface area contributed by atoms with Crippen molar-refractivity contribution in [3.63, 3.8) is 0 Å². The van der Waals surface area contributed by atoms with Gasteiger partial charge in [0.15, 0.2) is 0 Å². The van der Waals surface area contributed by atoms with Crippen LogP contribution in [0, 0.1) is 0 Å². The summed E-state index contributed by atoms with van der Waals surface area (Å²) in [6, 6.07) is 15.6. The molecule has 0 radical (unpaired) electrons. The fraction of sp³-hybridized carbons (Fsp3) is 0.514. The van der Waals surface area contributed by atoms with Gasteiger partial charge in [0.2, 0.25) is 0 Å². The number of fused-ring (bicyclic) bond motifs is 3. The van der Waals surface area contributed by atoms with Crippen molar-refractivity contribution in [3.8, 4) is 11.1 Å². The summed E-state index contributed by atoms with van der Waals surface area (Å²) in [5.74, 6) is 1.59. The van der Waals surface area contributed by atoms with Crippen LogP contribution in [-0.2, 0) is 17.4 Å². The Kier molecular flexibility index (Phi) is 9.58. The summed E-state index contributed by atoms with van der Waals surface area (Å²) in [7, 11) is 0. The maximum absolute atomic E-state index is 2.74. The second kappa shape index (κ2) is 12.7. The van der Waals surface area contributed by atoms with Crippen molar-refractivity contribution in [2.24, 2.45) is 0 Å². The van der Waals surface area contributed by atoms with E-state index in [1.54, 1.807) is 33.4 Å².